The van der Waals surface area contributed by atoms with Crippen LogP contribution in [0.15, 0.2) is 54.6 Å². The fraction of sp³-hybridized carbons (Fsp3) is 0.182. The monoisotopic (exact) mass is 473 g/mol. The molecule has 8 nitrogen and oxygen atoms in total. The number of sulfonamides is 1. The molecule has 0 radical (unpaired) electrons. The number of rotatable bonds is 4. The van der Waals surface area contributed by atoms with Crippen LogP contribution in [0.2, 0.25) is 5.02 Å². The van der Waals surface area contributed by atoms with E-state index in [9.17, 15) is 18.0 Å². The van der Waals surface area contributed by atoms with Gasteiger partial charge >= 0.3 is 0 Å². The Morgan fingerprint density at radius 1 is 1.00 bits per heavy atom. The van der Waals surface area contributed by atoms with Crippen molar-refractivity contribution in [2.75, 3.05) is 34.0 Å². The highest BCUT2D eigenvalue weighted by Gasteiger charge is 2.26. The maximum atomic E-state index is 12.8. The largest absolute Gasteiger partial charge is 0.359 e. The Morgan fingerprint density at radius 2 is 1.75 bits per heavy atom. The molecule has 3 aromatic rings. The van der Waals surface area contributed by atoms with Crippen molar-refractivity contribution in [3.63, 3.8) is 0 Å². The molecule has 2 amide bonds. The van der Waals surface area contributed by atoms with E-state index in [0.717, 1.165) is 0 Å². The number of amides is 2. The number of benzene rings is 3. The summed E-state index contributed by atoms with van der Waals surface area (Å²) in [4.78, 5) is 24.4. The smallest absolute Gasteiger partial charge is 0.255 e. The van der Waals surface area contributed by atoms with Crippen molar-refractivity contribution in [1.82, 2.24) is 0 Å². The molecule has 0 saturated carbocycles. The minimum Gasteiger partial charge on any atom is -0.359 e. The number of ether oxygens (including phenoxy) is 1. The van der Waals surface area contributed by atoms with Gasteiger partial charge in [0.05, 0.1) is 28.8 Å². The zero-order valence-electron chi connectivity index (χ0n) is 17.1. The number of hydrogen-bond donors (Lipinski definition) is 2. The normalized spacial score (nSPS) is 15.4. The van der Waals surface area contributed by atoms with Gasteiger partial charge in [-0.3, -0.25) is 9.59 Å². The lowest BCUT2D eigenvalue weighted by Gasteiger charge is -2.28. The summed E-state index contributed by atoms with van der Waals surface area (Å²) in [5.41, 5.74) is 1.85. The van der Waals surface area contributed by atoms with Crippen molar-refractivity contribution in [2.24, 2.45) is 0 Å². The first-order chi connectivity index (χ1) is 15.3. The summed E-state index contributed by atoms with van der Waals surface area (Å²) in [6, 6.07) is 14.9. The zero-order chi connectivity index (χ0) is 22.9. The highest BCUT2D eigenvalue weighted by atomic mass is 35.5. The fourth-order valence-corrected chi connectivity index (χ4v) is 4.97. The summed E-state index contributed by atoms with van der Waals surface area (Å²) in [6.07, 6.45) is 0. The van der Waals surface area contributed by atoms with Gasteiger partial charge in [0.15, 0.2) is 0 Å². The highest BCUT2D eigenvalue weighted by Crippen LogP contribution is 2.35. The summed E-state index contributed by atoms with van der Waals surface area (Å²) in [5, 5.41) is 7.33. The lowest BCUT2D eigenvalue weighted by molar-refractivity contribution is -0.114. The van der Waals surface area contributed by atoms with Gasteiger partial charge in [-0.2, -0.15) is 0 Å². The van der Waals surface area contributed by atoms with Gasteiger partial charge in [-0.1, -0.05) is 23.7 Å². The Morgan fingerprint density at radius 3 is 2.44 bits per heavy atom. The molecule has 1 heterocycles. The fourth-order valence-electron chi connectivity index (χ4n) is 3.48. The van der Waals surface area contributed by atoms with Crippen molar-refractivity contribution in [3.8, 4) is 0 Å². The number of nitrogens with one attached hydrogen (secondary N) is 2. The predicted molar refractivity (Wildman–Crippen MR) is 125 cm³/mol. The molecule has 0 atom stereocenters. The predicted octanol–water partition coefficient (Wildman–Crippen LogP) is 3.83. The van der Waals surface area contributed by atoms with E-state index in [2.05, 4.69) is 10.6 Å². The molecule has 1 saturated heterocycles. The molecule has 0 aliphatic carbocycles. The number of carbonyl (C=O) groups excluding carboxylic acids is 2. The molecule has 166 valence electrons. The number of hydrogen-bond acceptors (Lipinski definition) is 5. The highest BCUT2D eigenvalue weighted by molar-refractivity contribution is 7.92. The molecule has 1 aliphatic rings. The molecular formula is C22H20ClN3O5S. The number of halogens is 1. The first-order valence-electron chi connectivity index (χ1n) is 9.75. The summed E-state index contributed by atoms with van der Waals surface area (Å²) >= 11 is 6.36. The van der Waals surface area contributed by atoms with Crippen molar-refractivity contribution >= 4 is 61.3 Å². The van der Waals surface area contributed by atoms with E-state index in [1.807, 2.05) is 0 Å². The van der Waals surface area contributed by atoms with Gasteiger partial charge < -0.3 is 15.4 Å². The molecule has 0 unspecified atom stereocenters. The molecule has 0 spiro atoms. The van der Waals surface area contributed by atoms with E-state index in [1.54, 1.807) is 54.6 Å². The third-order valence-electron chi connectivity index (χ3n) is 5.00. The van der Waals surface area contributed by atoms with E-state index < -0.39 is 10.0 Å². The SMILES string of the molecule is CC(=O)Nc1cccc2c(NC(=O)c3ccc(N4COCCS4(=O)=O)cc3)ccc(Cl)c12. The second-order valence-corrected chi connectivity index (χ2v) is 9.63. The van der Waals surface area contributed by atoms with Gasteiger partial charge in [0, 0.05) is 28.9 Å². The Kier molecular flexibility index (Phi) is 6.05. The summed E-state index contributed by atoms with van der Waals surface area (Å²) in [5.74, 6) is -0.689. The Labute approximate surface area is 190 Å². The van der Waals surface area contributed by atoms with Gasteiger partial charge in [0.2, 0.25) is 15.9 Å². The summed E-state index contributed by atoms with van der Waals surface area (Å²) in [6.45, 7) is 1.52. The summed E-state index contributed by atoms with van der Waals surface area (Å²) in [7, 11) is -3.43. The van der Waals surface area contributed by atoms with Crippen molar-refractivity contribution in [1.29, 1.82) is 0 Å². The molecular weight excluding hydrogens is 454 g/mol. The van der Waals surface area contributed by atoms with Gasteiger partial charge in [0.1, 0.15) is 6.73 Å². The van der Waals surface area contributed by atoms with Crippen LogP contribution >= 0.6 is 11.6 Å². The Hall–Kier alpha value is -3.14. The molecule has 2 N–H and O–H groups in total. The van der Waals surface area contributed by atoms with Crippen LogP contribution < -0.4 is 14.9 Å². The van der Waals surface area contributed by atoms with Gasteiger partial charge in [-0.15, -0.1) is 0 Å². The number of fused-ring (bicyclic) bond motifs is 1. The molecule has 0 aromatic heterocycles. The third kappa shape index (κ3) is 4.40. The molecule has 0 bridgehead atoms. The average Bonchev–Trinajstić information content (AvgIpc) is 2.75. The standard InChI is InChI=1S/C22H20ClN3O5S/c1-14(27)24-20-4-2-3-17-19(10-9-18(23)21(17)20)25-22(28)15-5-7-16(8-6-15)26-13-31-11-12-32(26,29)30/h2-10H,11-13H2,1H3,(H,24,27)(H,25,28). The molecule has 32 heavy (non-hydrogen) atoms. The quantitative estimate of drug-likeness (QED) is 0.599. The maximum Gasteiger partial charge on any atom is 0.255 e. The lowest BCUT2D eigenvalue weighted by atomic mass is 10.1. The molecule has 4 rings (SSSR count). The number of carbonyl (C=O) groups is 2. The van der Waals surface area contributed by atoms with Crippen LogP contribution in [-0.2, 0) is 19.6 Å². The van der Waals surface area contributed by atoms with Crippen molar-refractivity contribution in [2.45, 2.75) is 6.92 Å². The first-order valence-corrected chi connectivity index (χ1v) is 11.7. The molecule has 1 aliphatic heterocycles. The van der Waals surface area contributed by atoms with Crippen LogP contribution in [0.25, 0.3) is 10.8 Å². The van der Waals surface area contributed by atoms with E-state index in [1.165, 1.54) is 11.2 Å². The number of nitrogens with zero attached hydrogens (tertiary/aromatic N) is 1. The van der Waals surface area contributed by atoms with Crippen LogP contribution in [0.3, 0.4) is 0 Å². The minimum atomic E-state index is -3.43. The van der Waals surface area contributed by atoms with Gasteiger partial charge in [-0.25, -0.2) is 12.7 Å². The molecule has 3 aromatic carbocycles. The van der Waals surface area contributed by atoms with E-state index in [-0.39, 0.29) is 30.9 Å². The van der Waals surface area contributed by atoms with E-state index in [4.69, 9.17) is 16.3 Å². The maximum absolute atomic E-state index is 12.8. The zero-order valence-corrected chi connectivity index (χ0v) is 18.7. The van der Waals surface area contributed by atoms with Crippen molar-refractivity contribution in [3.05, 3.63) is 65.2 Å². The molecule has 10 heteroatoms. The first kappa shape index (κ1) is 22.1. The minimum absolute atomic E-state index is 0.0543. The van der Waals surface area contributed by atoms with E-state index in [0.29, 0.717) is 38.4 Å². The van der Waals surface area contributed by atoms with E-state index >= 15 is 0 Å². The Balaban J connectivity index is 1.60. The van der Waals surface area contributed by atoms with Gasteiger partial charge in [-0.05, 0) is 42.5 Å². The van der Waals surface area contributed by atoms with Crippen molar-refractivity contribution < 1.29 is 22.7 Å². The van der Waals surface area contributed by atoms with Crippen LogP contribution in [0.4, 0.5) is 17.1 Å². The van der Waals surface area contributed by atoms with Crippen LogP contribution in [0.5, 0.6) is 0 Å². The number of anilines is 3. The van der Waals surface area contributed by atoms with Crippen LogP contribution in [-0.4, -0.2) is 39.3 Å². The van der Waals surface area contributed by atoms with Crippen LogP contribution in [0.1, 0.15) is 17.3 Å². The third-order valence-corrected chi connectivity index (χ3v) is 6.98. The average molecular weight is 474 g/mol. The second-order valence-electron chi connectivity index (χ2n) is 7.21. The summed E-state index contributed by atoms with van der Waals surface area (Å²) < 4.78 is 30.9. The Bertz CT molecular complexity index is 1310. The second kappa shape index (κ2) is 8.78. The van der Waals surface area contributed by atoms with Crippen LogP contribution in [0, 0.1) is 0 Å². The molecule has 1 fully saturated rings. The van der Waals surface area contributed by atoms with Gasteiger partial charge in [0.25, 0.3) is 5.91 Å². The topological polar surface area (TPSA) is 105 Å². The lowest BCUT2D eigenvalue weighted by Crippen LogP contribution is -2.41.